The molecule has 0 spiro atoms. The fourth-order valence-corrected chi connectivity index (χ4v) is 4.59. The lowest BCUT2D eigenvalue weighted by Crippen LogP contribution is -2.51. The molecule has 0 amide bonds. The van der Waals surface area contributed by atoms with Crippen molar-refractivity contribution >= 4 is 21.6 Å². The third-order valence-corrected chi connectivity index (χ3v) is 6.58. The van der Waals surface area contributed by atoms with Gasteiger partial charge in [0.2, 0.25) is 0 Å². The van der Waals surface area contributed by atoms with Crippen LogP contribution in [-0.4, -0.2) is 25.4 Å². The lowest BCUT2D eigenvalue weighted by molar-refractivity contribution is -0.166. The van der Waals surface area contributed by atoms with Crippen molar-refractivity contribution < 1.29 is 23.3 Å². The lowest BCUT2D eigenvalue weighted by atomic mass is 9.87. The number of fused-ring (bicyclic) bond motifs is 1. The Bertz CT molecular complexity index is 1150. The first-order valence-corrected chi connectivity index (χ1v) is 12.5. The highest BCUT2D eigenvalue weighted by atomic mass is 79.9. The molecule has 1 heterocycles. The quantitative estimate of drug-likeness (QED) is 0.313. The summed E-state index contributed by atoms with van der Waals surface area (Å²) in [5.41, 5.74) is 2.81. The Balaban J connectivity index is 1.54. The van der Waals surface area contributed by atoms with Gasteiger partial charge in [-0.05, 0) is 68.8 Å². The van der Waals surface area contributed by atoms with Gasteiger partial charge in [-0.15, -0.1) is 0 Å². The first-order chi connectivity index (χ1) is 16.8. The molecule has 186 valence electrons. The van der Waals surface area contributed by atoms with Gasteiger partial charge in [-0.1, -0.05) is 34.1 Å². The SMILES string of the molecule is CCOC1c2cc(NCc3ccc(OC)cc3)ccc2OC(C)(C)C1OCc1ccc(Br)cc1F. The molecule has 0 saturated carbocycles. The minimum atomic E-state index is -0.670. The van der Waals surface area contributed by atoms with Gasteiger partial charge in [0.1, 0.15) is 35.1 Å². The number of benzene rings is 3. The maximum Gasteiger partial charge on any atom is 0.132 e. The average molecular weight is 544 g/mol. The van der Waals surface area contributed by atoms with E-state index in [1.54, 1.807) is 19.2 Å². The Hall–Kier alpha value is -2.61. The highest BCUT2D eigenvalue weighted by molar-refractivity contribution is 9.10. The minimum absolute atomic E-state index is 0.116. The maximum atomic E-state index is 14.4. The highest BCUT2D eigenvalue weighted by Crippen LogP contribution is 2.44. The van der Waals surface area contributed by atoms with Gasteiger partial charge in [0, 0.05) is 34.4 Å². The monoisotopic (exact) mass is 543 g/mol. The van der Waals surface area contributed by atoms with E-state index in [2.05, 4.69) is 21.2 Å². The molecular weight excluding hydrogens is 513 g/mol. The predicted octanol–water partition coefficient (Wildman–Crippen LogP) is 7.04. The van der Waals surface area contributed by atoms with Gasteiger partial charge >= 0.3 is 0 Å². The number of nitrogens with one attached hydrogen (secondary N) is 1. The Morgan fingerprint density at radius 1 is 1.03 bits per heavy atom. The Labute approximate surface area is 214 Å². The molecule has 3 aromatic carbocycles. The molecule has 1 aliphatic heterocycles. The summed E-state index contributed by atoms with van der Waals surface area (Å²) in [5, 5.41) is 3.47. The summed E-state index contributed by atoms with van der Waals surface area (Å²) in [5.74, 6) is 1.28. The number of methoxy groups -OCH3 is 1. The van der Waals surface area contributed by atoms with Crippen LogP contribution in [0.25, 0.3) is 0 Å². The summed E-state index contributed by atoms with van der Waals surface area (Å²) in [6.45, 7) is 7.19. The summed E-state index contributed by atoms with van der Waals surface area (Å²) in [7, 11) is 1.66. The van der Waals surface area contributed by atoms with Gasteiger partial charge in [0.25, 0.3) is 0 Å². The molecule has 3 aromatic rings. The van der Waals surface area contributed by atoms with Crippen molar-refractivity contribution in [3.8, 4) is 11.5 Å². The summed E-state index contributed by atoms with van der Waals surface area (Å²) >= 11 is 3.30. The largest absolute Gasteiger partial charge is 0.497 e. The third-order valence-electron chi connectivity index (χ3n) is 6.08. The van der Waals surface area contributed by atoms with Crippen molar-refractivity contribution in [3.05, 3.63) is 87.6 Å². The van der Waals surface area contributed by atoms with Crippen molar-refractivity contribution in [1.29, 1.82) is 0 Å². The molecule has 1 aliphatic rings. The number of anilines is 1. The zero-order valence-corrected chi connectivity index (χ0v) is 22.0. The van der Waals surface area contributed by atoms with E-state index in [0.29, 0.717) is 23.2 Å². The molecule has 0 aliphatic carbocycles. The summed E-state index contributed by atoms with van der Waals surface area (Å²) < 4.78 is 39.1. The van der Waals surface area contributed by atoms with Crippen LogP contribution >= 0.6 is 15.9 Å². The van der Waals surface area contributed by atoms with Crippen LogP contribution in [0, 0.1) is 5.82 Å². The van der Waals surface area contributed by atoms with E-state index < -0.39 is 11.7 Å². The topological polar surface area (TPSA) is 49.0 Å². The number of ether oxygens (including phenoxy) is 4. The van der Waals surface area contributed by atoms with Crippen molar-refractivity contribution in [1.82, 2.24) is 0 Å². The number of halogens is 2. The first kappa shape index (κ1) is 25.5. The first-order valence-electron chi connectivity index (χ1n) is 11.7. The highest BCUT2D eigenvalue weighted by Gasteiger charge is 2.45. The van der Waals surface area contributed by atoms with Crippen LogP contribution in [0.5, 0.6) is 11.5 Å². The normalized spacial score (nSPS) is 18.5. The molecule has 0 radical (unpaired) electrons. The maximum absolute atomic E-state index is 14.4. The Morgan fingerprint density at radius 3 is 2.49 bits per heavy atom. The van der Waals surface area contributed by atoms with Crippen LogP contribution in [0.15, 0.2) is 65.1 Å². The molecule has 35 heavy (non-hydrogen) atoms. The molecule has 1 N–H and O–H groups in total. The molecule has 0 bridgehead atoms. The molecular formula is C28H31BrFNO4. The van der Waals surface area contributed by atoms with Crippen LogP contribution in [0.4, 0.5) is 10.1 Å². The molecule has 0 fully saturated rings. The van der Waals surface area contributed by atoms with Gasteiger partial charge in [-0.3, -0.25) is 0 Å². The fourth-order valence-electron chi connectivity index (χ4n) is 4.25. The van der Waals surface area contributed by atoms with Crippen molar-refractivity contribution in [2.24, 2.45) is 0 Å². The second-order valence-electron chi connectivity index (χ2n) is 9.00. The van der Waals surface area contributed by atoms with E-state index in [1.807, 2.05) is 63.2 Å². The van der Waals surface area contributed by atoms with Gasteiger partial charge in [-0.2, -0.15) is 0 Å². The third kappa shape index (κ3) is 5.97. The summed E-state index contributed by atoms with van der Waals surface area (Å²) in [6.07, 6.45) is -0.796. The average Bonchev–Trinajstić information content (AvgIpc) is 2.83. The summed E-state index contributed by atoms with van der Waals surface area (Å²) in [4.78, 5) is 0. The molecule has 4 rings (SSSR count). The van der Waals surface area contributed by atoms with E-state index in [9.17, 15) is 4.39 Å². The molecule has 0 aromatic heterocycles. The van der Waals surface area contributed by atoms with Crippen molar-refractivity contribution in [3.63, 3.8) is 0 Å². The number of hydrogen-bond donors (Lipinski definition) is 1. The van der Waals surface area contributed by atoms with E-state index in [4.69, 9.17) is 18.9 Å². The Morgan fingerprint density at radius 2 is 1.80 bits per heavy atom. The molecule has 2 atom stereocenters. The second kappa shape index (κ2) is 11.0. The minimum Gasteiger partial charge on any atom is -0.497 e. The Kier molecular flexibility index (Phi) is 7.99. The molecule has 0 saturated heterocycles. The van der Waals surface area contributed by atoms with Crippen molar-refractivity contribution in [2.45, 2.75) is 51.7 Å². The van der Waals surface area contributed by atoms with Crippen LogP contribution in [0.3, 0.4) is 0 Å². The van der Waals surface area contributed by atoms with Crippen LogP contribution in [-0.2, 0) is 22.6 Å². The number of rotatable bonds is 9. The van der Waals surface area contributed by atoms with Crippen molar-refractivity contribution in [2.75, 3.05) is 19.0 Å². The molecule has 7 heteroatoms. The van der Waals surface area contributed by atoms with E-state index in [0.717, 1.165) is 28.3 Å². The summed E-state index contributed by atoms with van der Waals surface area (Å²) in [6, 6.07) is 18.9. The molecule has 2 unspecified atom stereocenters. The zero-order valence-electron chi connectivity index (χ0n) is 20.4. The van der Waals surface area contributed by atoms with Gasteiger partial charge in [0.05, 0.1) is 13.7 Å². The zero-order chi connectivity index (χ0) is 25.0. The van der Waals surface area contributed by atoms with Crippen LogP contribution in [0.2, 0.25) is 0 Å². The standard InChI is InChI=1S/C28H31BrFNO4/c1-5-33-26-23-15-21(31-16-18-6-11-22(32-4)12-7-18)10-13-25(23)35-28(2,3)27(26)34-17-19-8-9-20(29)14-24(19)30/h6-15,26-27,31H,5,16-17H2,1-4H3. The van der Waals surface area contributed by atoms with Gasteiger partial charge in [0.15, 0.2) is 0 Å². The fraction of sp³-hybridized carbons (Fsp3) is 0.357. The lowest BCUT2D eigenvalue weighted by Gasteiger charge is -2.44. The molecule has 5 nitrogen and oxygen atoms in total. The van der Waals surface area contributed by atoms with Gasteiger partial charge in [-0.25, -0.2) is 4.39 Å². The second-order valence-corrected chi connectivity index (χ2v) is 9.92. The van der Waals surface area contributed by atoms with E-state index >= 15 is 0 Å². The smallest absolute Gasteiger partial charge is 0.132 e. The van der Waals surface area contributed by atoms with E-state index in [-0.39, 0.29) is 18.5 Å². The predicted molar refractivity (Wildman–Crippen MR) is 139 cm³/mol. The van der Waals surface area contributed by atoms with Gasteiger partial charge < -0.3 is 24.3 Å². The van der Waals surface area contributed by atoms with Crippen LogP contribution < -0.4 is 14.8 Å². The van der Waals surface area contributed by atoms with E-state index in [1.165, 1.54) is 6.07 Å². The number of hydrogen-bond acceptors (Lipinski definition) is 5. The van der Waals surface area contributed by atoms with Crippen LogP contribution in [0.1, 0.15) is 43.6 Å².